The molecule has 7 nitrogen and oxygen atoms in total. The number of anilines is 1. The van der Waals surface area contributed by atoms with E-state index in [4.69, 9.17) is 25.4 Å². The fraction of sp³-hybridized carbons (Fsp3) is 0.250. The van der Waals surface area contributed by atoms with Crippen molar-refractivity contribution in [2.45, 2.75) is 20.8 Å². The van der Waals surface area contributed by atoms with Crippen molar-refractivity contribution in [3.05, 3.63) is 51.5 Å². The van der Waals surface area contributed by atoms with Gasteiger partial charge in [-0.2, -0.15) is 0 Å². The van der Waals surface area contributed by atoms with Crippen LogP contribution in [0.5, 0.6) is 5.75 Å². The van der Waals surface area contributed by atoms with Crippen LogP contribution in [0, 0.1) is 20.8 Å². The number of thiophene rings is 1. The molecule has 0 amide bonds. The predicted octanol–water partition coefficient (Wildman–Crippen LogP) is 3.70. The van der Waals surface area contributed by atoms with E-state index in [1.54, 1.807) is 18.4 Å². The number of fused-ring (bicyclic) bond motifs is 1. The number of hydrazine groups is 1. The zero-order valence-electron chi connectivity index (χ0n) is 16.2. The number of nitrogen functional groups attached to an aromatic ring is 1. The molecule has 0 fully saturated rings. The summed E-state index contributed by atoms with van der Waals surface area (Å²) in [5, 5.41) is 5.15. The van der Waals surface area contributed by atoms with E-state index in [9.17, 15) is 0 Å². The fourth-order valence-electron chi connectivity index (χ4n) is 3.27. The molecule has 3 aromatic rings. The Morgan fingerprint density at radius 3 is 2.71 bits per heavy atom. The highest BCUT2D eigenvalue weighted by atomic mass is 32.1. The lowest BCUT2D eigenvalue weighted by atomic mass is 10.0. The lowest BCUT2D eigenvalue weighted by Gasteiger charge is -2.14. The third-order valence-corrected chi connectivity index (χ3v) is 6.12. The Labute approximate surface area is 166 Å². The molecule has 0 saturated carbocycles. The summed E-state index contributed by atoms with van der Waals surface area (Å²) >= 11 is 1.55. The number of pyridine rings is 1. The lowest BCUT2D eigenvalue weighted by molar-refractivity contribution is 0.181. The van der Waals surface area contributed by atoms with E-state index in [2.05, 4.69) is 24.4 Å². The first kappa shape index (κ1) is 18.4. The number of oxime groups is 1. The van der Waals surface area contributed by atoms with Crippen LogP contribution in [0.15, 0.2) is 34.4 Å². The maximum Gasteiger partial charge on any atom is 0.202 e. The number of ether oxygens (including phenoxy) is 1. The van der Waals surface area contributed by atoms with Crippen LogP contribution in [0.25, 0.3) is 10.2 Å². The van der Waals surface area contributed by atoms with Gasteiger partial charge in [0, 0.05) is 11.1 Å². The molecule has 0 atom stereocenters. The monoisotopic (exact) mass is 395 g/mol. The molecule has 28 heavy (non-hydrogen) atoms. The molecule has 1 aromatic carbocycles. The minimum absolute atomic E-state index is 0.261. The quantitative estimate of drug-likeness (QED) is 0.519. The summed E-state index contributed by atoms with van der Waals surface area (Å²) in [7, 11) is 1.62. The maximum atomic E-state index is 5.90. The van der Waals surface area contributed by atoms with Crippen molar-refractivity contribution in [2.24, 2.45) is 16.0 Å². The summed E-state index contributed by atoms with van der Waals surface area (Å²) in [6.45, 7) is 6.44. The number of hydrogen-bond acceptors (Lipinski definition) is 8. The van der Waals surface area contributed by atoms with Gasteiger partial charge in [-0.05, 0) is 44.0 Å². The van der Waals surface area contributed by atoms with Gasteiger partial charge < -0.3 is 15.0 Å². The van der Waals surface area contributed by atoms with Gasteiger partial charge in [0.05, 0.1) is 23.2 Å². The highest BCUT2D eigenvalue weighted by Crippen LogP contribution is 2.39. The number of hydrogen-bond donors (Lipinski definition) is 2. The van der Waals surface area contributed by atoms with Gasteiger partial charge in [-0.1, -0.05) is 17.3 Å². The molecule has 3 N–H and O–H groups in total. The summed E-state index contributed by atoms with van der Waals surface area (Å²) in [5.41, 5.74) is 8.52. The number of aryl methyl sites for hydroxylation is 2. The Kier molecular flexibility index (Phi) is 4.74. The topological polar surface area (TPSA) is 94.1 Å². The van der Waals surface area contributed by atoms with Crippen LogP contribution in [0.1, 0.15) is 27.3 Å². The van der Waals surface area contributed by atoms with Crippen LogP contribution in [-0.4, -0.2) is 30.2 Å². The molecule has 4 rings (SSSR count). The number of rotatable bonds is 4. The number of amidine groups is 1. The van der Waals surface area contributed by atoms with Gasteiger partial charge in [0.25, 0.3) is 0 Å². The number of aromatic nitrogens is 1. The molecule has 0 aliphatic carbocycles. The van der Waals surface area contributed by atoms with Gasteiger partial charge >= 0.3 is 0 Å². The van der Waals surface area contributed by atoms with Crippen molar-refractivity contribution in [3.8, 4) is 5.75 Å². The molecular formula is C20H21N5O2S. The minimum atomic E-state index is 0.261. The van der Waals surface area contributed by atoms with Gasteiger partial charge in [0.2, 0.25) is 5.84 Å². The van der Waals surface area contributed by atoms with Crippen LogP contribution in [0.4, 0.5) is 5.69 Å². The van der Waals surface area contributed by atoms with Gasteiger partial charge in [-0.25, -0.2) is 9.98 Å². The Hall–Kier alpha value is -2.97. The van der Waals surface area contributed by atoms with E-state index in [1.807, 2.05) is 31.2 Å². The first-order valence-electron chi connectivity index (χ1n) is 8.83. The average Bonchev–Trinajstić information content (AvgIpc) is 3.10. The maximum absolute atomic E-state index is 5.90. The number of benzene rings is 1. The van der Waals surface area contributed by atoms with Crippen LogP contribution < -0.4 is 16.0 Å². The molecule has 0 radical (unpaired) electrons. The zero-order valence-corrected chi connectivity index (χ0v) is 17.0. The second kappa shape index (κ2) is 7.21. The predicted molar refractivity (Wildman–Crippen MR) is 114 cm³/mol. The molecule has 0 unspecified atom stereocenters. The van der Waals surface area contributed by atoms with Crippen LogP contribution in [0.3, 0.4) is 0 Å². The van der Waals surface area contributed by atoms with Crippen molar-refractivity contribution in [1.82, 2.24) is 4.98 Å². The number of nitrogens with one attached hydrogen (secondary N) is 1. The van der Waals surface area contributed by atoms with E-state index < -0.39 is 0 Å². The molecule has 8 heteroatoms. The van der Waals surface area contributed by atoms with Crippen molar-refractivity contribution in [1.29, 1.82) is 0 Å². The molecule has 3 heterocycles. The number of nitrogens with zero attached hydrogens (tertiary/aromatic N) is 3. The Morgan fingerprint density at radius 1 is 1.18 bits per heavy atom. The lowest BCUT2D eigenvalue weighted by Crippen LogP contribution is -2.19. The molecule has 0 spiro atoms. The molecule has 1 aliphatic heterocycles. The highest BCUT2D eigenvalue weighted by Gasteiger charge is 2.24. The Bertz CT molecular complexity index is 1130. The second-order valence-corrected chi connectivity index (χ2v) is 7.52. The van der Waals surface area contributed by atoms with Crippen molar-refractivity contribution in [2.75, 3.05) is 19.1 Å². The molecular weight excluding hydrogens is 374 g/mol. The average molecular weight is 395 g/mol. The van der Waals surface area contributed by atoms with E-state index in [1.165, 1.54) is 0 Å². The first-order chi connectivity index (χ1) is 13.5. The number of para-hydroxylation sites is 1. The van der Waals surface area contributed by atoms with Crippen molar-refractivity contribution >= 4 is 38.8 Å². The number of aliphatic imine (C=N–C) groups is 1. The van der Waals surface area contributed by atoms with E-state index in [-0.39, 0.29) is 6.61 Å². The number of nitrogens with two attached hydrogens (primary N) is 1. The zero-order chi connectivity index (χ0) is 19.8. The smallest absolute Gasteiger partial charge is 0.202 e. The summed E-state index contributed by atoms with van der Waals surface area (Å²) in [5.74, 6) is 7.05. The summed E-state index contributed by atoms with van der Waals surface area (Å²) in [4.78, 5) is 16.8. The first-order valence-corrected chi connectivity index (χ1v) is 9.65. The molecule has 144 valence electrons. The van der Waals surface area contributed by atoms with Gasteiger partial charge in [-0.3, -0.25) is 5.84 Å². The van der Waals surface area contributed by atoms with Gasteiger partial charge in [0.1, 0.15) is 16.3 Å². The highest BCUT2D eigenvalue weighted by molar-refractivity contribution is 7.21. The largest absolute Gasteiger partial charge is 0.496 e. The fourth-order valence-corrected chi connectivity index (χ4v) is 4.49. The van der Waals surface area contributed by atoms with E-state index in [0.717, 1.165) is 48.9 Å². The second-order valence-electron chi connectivity index (χ2n) is 6.53. The summed E-state index contributed by atoms with van der Waals surface area (Å²) in [6.07, 6.45) is 0. The van der Waals surface area contributed by atoms with Crippen molar-refractivity contribution in [3.63, 3.8) is 0 Å². The molecule has 0 bridgehead atoms. The van der Waals surface area contributed by atoms with E-state index >= 15 is 0 Å². The third-order valence-electron chi connectivity index (χ3n) is 4.99. The molecule has 0 saturated heterocycles. The molecule has 2 aromatic heterocycles. The van der Waals surface area contributed by atoms with Crippen molar-refractivity contribution < 1.29 is 9.57 Å². The Balaban J connectivity index is 1.87. The summed E-state index contributed by atoms with van der Waals surface area (Å²) in [6, 6.07) is 7.58. The Morgan fingerprint density at radius 2 is 1.96 bits per heavy atom. The standard InChI is InChI=1S/C20H21N5O2S/c1-10-11(2)16-17(24-21)18(28-20(16)22-12(10)3)14-9-27-25-19(23-14)13-7-5-6-8-15(13)26-4/h5-8,24H,9,21H2,1-4H3. The number of methoxy groups -OCH3 is 1. The van der Waals surface area contributed by atoms with Crippen LogP contribution >= 0.6 is 11.3 Å². The van der Waals surface area contributed by atoms with Gasteiger partial charge in [0.15, 0.2) is 6.61 Å². The third kappa shape index (κ3) is 2.90. The van der Waals surface area contributed by atoms with Gasteiger partial charge in [-0.15, -0.1) is 11.3 Å². The summed E-state index contributed by atoms with van der Waals surface area (Å²) < 4.78 is 5.43. The van der Waals surface area contributed by atoms with E-state index in [0.29, 0.717) is 11.6 Å². The molecule has 1 aliphatic rings. The van der Waals surface area contributed by atoms with Crippen LogP contribution in [-0.2, 0) is 4.84 Å². The van der Waals surface area contributed by atoms with Crippen LogP contribution in [0.2, 0.25) is 0 Å². The SMILES string of the molecule is COc1ccccc1C1=NOCC(c2sc3nc(C)c(C)c(C)c3c2NN)=N1. The minimum Gasteiger partial charge on any atom is -0.496 e. The normalized spacial score (nSPS) is 13.8.